The zero-order chi connectivity index (χ0) is 9.23. The van der Waals surface area contributed by atoms with Gasteiger partial charge in [0.2, 0.25) is 0 Å². The first-order chi connectivity index (χ1) is 4.76. The number of amides is 1. The molecule has 0 spiro atoms. The van der Waals surface area contributed by atoms with Crippen molar-refractivity contribution < 1.29 is 9.59 Å². The van der Waals surface area contributed by atoms with Gasteiger partial charge in [0.1, 0.15) is 0 Å². The van der Waals surface area contributed by atoms with Gasteiger partial charge in [-0.25, -0.2) is 4.79 Å². The average molecular weight is 176 g/mol. The molecule has 0 saturated heterocycles. The first-order valence-electron chi connectivity index (χ1n) is 3.34. The highest BCUT2D eigenvalue weighted by atomic mass is 31.2. The second kappa shape index (κ2) is 3.31. The van der Waals surface area contributed by atoms with Gasteiger partial charge in [0.25, 0.3) is 0 Å². The number of nitrogens with zero attached hydrogens (tertiary/aromatic N) is 1. The summed E-state index contributed by atoms with van der Waals surface area (Å²) in [7, 11) is 1.54. The highest BCUT2D eigenvalue weighted by Crippen LogP contribution is 2.47. The van der Waals surface area contributed by atoms with E-state index in [1.807, 2.05) is 20.0 Å². The lowest BCUT2D eigenvalue weighted by Crippen LogP contribution is -2.30. The van der Waals surface area contributed by atoms with Gasteiger partial charge in [0.15, 0.2) is 0 Å². The average Bonchev–Trinajstić information content (AvgIpc) is 1.82. The minimum absolute atomic E-state index is 0.234. The first-order valence-corrected chi connectivity index (χ1v) is 6.47. The molecular formula is C7H15NO2P+. The predicted molar refractivity (Wildman–Crippen MR) is 48.4 cm³/mol. The van der Waals surface area contributed by atoms with E-state index in [4.69, 9.17) is 0 Å². The SMILES string of the molecule is CN(C)C(=O)C(=O)[P+](C)(C)C. The number of rotatable bonds is 2. The van der Waals surface area contributed by atoms with Gasteiger partial charge in [0, 0.05) is 14.1 Å². The summed E-state index contributed by atoms with van der Waals surface area (Å²) in [6.07, 6.45) is 0. The van der Waals surface area contributed by atoms with Crippen LogP contribution in [0.15, 0.2) is 0 Å². The minimum Gasteiger partial charge on any atom is -0.339 e. The number of carbonyl (C=O) groups is 2. The normalized spacial score (nSPS) is 11.0. The van der Waals surface area contributed by atoms with E-state index in [2.05, 4.69) is 0 Å². The first kappa shape index (κ1) is 10.6. The summed E-state index contributed by atoms with van der Waals surface area (Å²) in [6, 6.07) is 0. The number of hydrogen-bond donors (Lipinski definition) is 0. The van der Waals surface area contributed by atoms with E-state index in [-0.39, 0.29) is 11.4 Å². The molecule has 11 heavy (non-hydrogen) atoms. The lowest BCUT2D eigenvalue weighted by Gasteiger charge is -2.12. The molecule has 0 radical (unpaired) electrons. The Hall–Kier alpha value is -0.430. The molecule has 0 saturated carbocycles. The Bertz CT molecular complexity index is 181. The van der Waals surface area contributed by atoms with Gasteiger partial charge in [-0.15, -0.1) is 0 Å². The summed E-state index contributed by atoms with van der Waals surface area (Å²) in [4.78, 5) is 23.7. The van der Waals surface area contributed by atoms with E-state index >= 15 is 0 Å². The third-order valence-electron chi connectivity index (χ3n) is 1.20. The van der Waals surface area contributed by atoms with Crippen molar-refractivity contribution in [3.05, 3.63) is 0 Å². The molecule has 4 heteroatoms. The molecule has 0 unspecified atom stereocenters. The molecule has 0 N–H and O–H groups in total. The minimum atomic E-state index is -1.65. The fourth-order valence-corrected chi connectivity index (χ4v) is 1.25. The molecule has 0 aromatic heterocycles. The molecule has 0 aliphatic heterocycles. The topological polar surface area (TPSA) is 37.4 Å². The van der Waals surface area contributed by atoms with Gasteiger partial charge < -0.3 is 4.90 Å². The van der Waals surface area contributed by atoms with Crippen LogP contribution in [0.25, 0.3) is 0 Å². The van der Waals surface area contributed by atoms with E-state index in [0.29, 0.717) is 0 Å². The summed E-state index contributed by atoms with van der Waals surface area (Å²) in [6.45, 7) is 5.53. The van der Waals surface area contributed by atoms with Crippen molar-refractivity contribution in [3.8, 4) is 0 Å². The van der Waals surface area contributed by atoms with Crippen LogP contribution in [-0.4, -0.2) is 50.4 Å². The lowest BCUT2D eigenvalue weighted by atomic mass is 10.6. The summed E-state index contributed by atoms with van der Waals surface area (Å²) in [5.74, 6) is -0.383. The van der Waals surface area contributed by atoms with Crippen LogP contribution in [0.1, 0.15) is 0 Å². The van der Waals surface area contributed by atoms with E-state index in [9.17, 15) is 9.59 Å². The van der Waals surface area contributed by atoms with Crippen LogP contribution >= 0.6 is 7.26 Å². The van der Waals surface area contributed by atoms with E-state index in [0.717, 1.165) is 0 Å². The number of hydrogen-bond acceptors (Lipinski definition) is 2. The third kappa shape index (κ3) is 2.98. The van der Waals surface area contributed by atoms with Crippen LogP contribution < -0.4 is 0 Å². The molecule has 0 rings (SSSR count). The highest BCUT2D eigenvalue weighted by Gasteiger charge is 2.36. The molecule has 3 nitrogen and oxygen atoms in total. The van der Waals surface area contributed by atoms with Gasteiger partial charge >= 0.3 is 11.4 Å². The van der Waals surface area contributed by atoms with Crippen molar-refractivity contribution in [1.82, 2.24) is 4.90 Å². The van der Waals surface area contributed by atoms with Crippen molar-refractivity contribution in [2.75, 3.05) is 34.1 Å². The quantitative estimate of drug-likeness (QED) is 0.454. The van der Waals surface area contributed by atoms with Crippen LogP contribution in [0.3, 0.4) is 0 Å². The standard InChI is InChI=1S/C7H15NO2P/c1-8(2)6(9)7(10)11(3,4)5/h1-5H3/q+1. The largest absolute Gasteiger partial charge is 0.353 e. The smallest absolute Gasteiger partial charge is 0.339 e. The fraction of sp³-hybridized carbons (Fsp3) is 0.714. The zero-order valence-electron chi connectivity index (χ0n) is 7.71. The second-order valence-corrected chi connectivity index (χ2v) is 7.95. The van der Waals surface area contributed by atoms with Crippen molar-refractivity contribution in [2.24, 2.45) is 0 Å². The molecule has 0 atom stereocenters. The molecule has 0 aromatic rings. The van der Waals surface area contributed by atoms with Crippen LogP contribution in [0.2, 0.25) is 0 Å². The molecule has 1 amide bonds. The monoisotopic (exact) mass is 176 g/mol. The maximum absolute atomic E-state index is 11.3. The molecule has 0 bridgehead atoms. The van der Waals surface area contributed by atoms with Gasteiger partial charge in [-0.2, -0.15) is 0 Å². The summed E-state index contributed by atoms with van der Waals surface area (Å²) in [5, 5.41) is 0. The van der Waals surface area contributed by atoms with Crippen molar-refractivity contribution in [3.63, 3.8) is 0 Å². The molecular weight excluding hydrogens is 161 g/mol. The van der Waals surface area contributed by atoms with Crippen LogP contribution in [0.5, 0.6) is 0 Å². The van der Waals surface area contributed by atoms with Gasteiger partial charge in [-0.3, -0.25) is 4.79 Å². The van der Waals surface area contributed by atoms with Crippen LogP contribution in [-0.2, 0) is 9.59 Å². The highest BCUT2D eigenvalue weighted by molar-refractivity contribution is 7.91. The van der Waals surface area contributed by atoms with Crippen molar-refractivity contribution >= 4 is 18.7 Å². The van der Waals surface area contributed by atoms with E-state index in [1.54, 1.807) is 14.1 Å². The van der Waals surface area contributed by atoms with Gasteiger partial charge in [-0.05, 0) is 0 Å². The Morgan fingerprint density at radius 2 is 1.45 bits per heavy atom. The Kier molecular flexibility index (Phi) is 3.18. The molecule has 64 valence electrons. The van der Waals surface area contributed by atoms with Crippen LogP contribution in [0.4, 0.5) is 0 Å². The lowest BCUT2D eigenvalue weighted by molar-refractivity contribution is -0.138. The number of carbonyl (C=O) groups excluding carboxylic acids is 2. The molecule has 0 aliphatic carbocycles. The Morgan fingerprint density at radius 3 is 1.55 bits per heavy atom. The molecule has 0 fully saturated rings. The van der Waals surface area contributed by atoms with Gasteiger partial charge in [0.05, 0.1) is 27.3 Å². The third-order valence-corrected chi connectivity index (χ3v) is 2.61. The van der Waals surface area contributed by atoms with Gasteiger partial charge in [-0.1, -0.05) is 0 Å². The summed E-state index contributed by atoms with van der Waals surface area (Å²) >= 11 is 0. The van der Waals surface area contributed by atoms with Crippen molar-refractivity contribution in [1.29, 1.82) is 0 Å². The molecule has 0 aliphatic rings. The Balaban J connectivity index is 4.40. The van der Waals surface area contributed by atoms with Crippen molar-refractivity contribution in [2.45, 2.75) is 0 Å². The van der Waals surface area contributed by atoms with E-state index < -0.39 is 7.26 Å². The fourth-order valence-electron chi connectivity index (χ4n) is 0.478. The predicted octanol–water partition coefficient (Wildman–Crippen LogP) is 0.508. The Labute approximate surface area is 68.1 Å². The van der Waals surface area contributed by atoms with E-state index in [1.165, 1.54) is 4.90 Å². The second-order valence-electron chi connectivity index (χ2n) is 3.52. The van der Waals surface area contributed by atoms with Crippen LogP contribution in [0, 0.1) is 0 Å². The Morgan fingerprint density at radius 1 is 1.09 bits per heavy atom. The summed E-state index contributed by atoms with van der Waals surface area (Å²) < 4.78 is 0. The molecule has 0 aromatic carbocycles. The zero-order valence-corrected chi connectivity index (χ0v) is 8.61. The molecule has 0 heterocycles. The maximum atomic E-state index is 11.3. The summed E-state index contributed by atoms with van der Waals surface area (Å²) in [5.41, 5.74) is -0.234. The number of likely N-dealkylation sites (N-methyl/N-ethyl adjacent to an activating group) is 1. The maximum Gasteiger partial charge on any atom is 0.353 e.